The van der Waals surface area contributed by atoms with Crippen LogP contribution in [0.4, 0.5) is 4.39 Å². The molecular formula is C23H20FN5O. The first kappa shape index (κ1) is 18.6. The average molecular weight is 401 g/mol. The molecular weight excluding hydrogens is 381 g/mol. The number of pyridine rings is 2. The molecule has 0 N–H and O–H groups in total. The lowest BCUT2D eigenvalue weighted by molar-refractivity contribution is 0.201. The predicted molar refractivity (Wildman–Crippen MR) is 110 cm³/mol. The second kappa shape index (κ2) is 8.12. The molecule has 5 rings (SSSR count). The Labute approximate surface area is 173 Å². The number of aromatic nitrogens is 4. The summed E-state index contributed by atoms with van der Waals surface area (Å²) in [5.41, 5.74) is 3.75. The second-order valence-corrected chi connectivity index (χ2v) is 7.38. The second-order valence-electron chi connectivity index (χ2n) is 7.38. The smallest absolute Gasteiger partial charge is 0.244 e. The van der Waals surface area contributed by atoms with Crippen molar-refractivity contribution in [1.82, 2.24) is 25.0 Å². The van der Waals surface area contributed by atoms with Gasteiger partial charge in [0.15, 0.2) is 0 Å². The molecule has 6 nitrogen and oxygen atoms in total. The maximum Gasteiger partial charge on any atom is 0.244 e. The molecule has 0 amide bonds. The van der Waals surface area contributed by atoms with Crippen molar-refractivity contribution in [1.29, 1.82) is 0 Å². The van der Waals surface area contributed by atoms with Crippen molar-refractivity contribution in [2.45, 2.75) is 25.4 Å². The van der Waals surface area contributed by atoms with Gasteiger partial charge in [-0.15, -0.1) is 0 Å². The highest BCUT2D eigenvalue weighted by Crippen LogP contribution is 2.33. The van der Waals surface area contributed by atoms with E-state index in [1.165, 1.54) is 12.1 Å². The van der Waals surface area contributed by atoms with E-state index in [2.05, 4.69) is 25.0 Å². The summed E-state index contributed by atoms with van der Waals surface area (Å²) in [6.07, 6.45) is 7.27. The number of hydrogen-bond acceptors (Lipinski definition) is 6. The van der Waals surface area contributed by atoms with Gasteiger partial charge < -0.3 is 4.52 Å². The van der Waals surface area contributed by atoms with Crippen molar-refractivity contribution < 1.29 is 8.91 Å². The van der Waals surface area contributed by atoms with Crippen LogP contribution in [-0.2, 0) is 6.54 Å². The van der Waals surface area contributed by atoms with E-state index in [-0.39, 0.29) is 11.9 Å². The van der Waals surface area contributed by atoms with Crippen molar-refractivity contribution in [3.63, 3.8) is 0 Å². The van der Waals surface area contributed by atoms with Crippen LogP contribution in [0, 0.1) is 5.82 Å². The van der Waals surface area contributed by atoms with Gasteiger partial charge in [0, 0.05) is 36.3 Å². The molecule has 0 spiro atoms. The van der Waals surface area contributed by atoms with Gasteiger partial charge in [0.25, 0.3) is 0 Å². The molecule has 7 heteroatoms. The third-order valence-electron chi connectivity index (χ3n) is 5.39. The van der Waals surface area contributed by atoms with E-state index in [1.54, 1.807) is 18.6 Å². The van der Waals surface area contributed by atoms with Crippen LogP contribution in [0.15, 0.2) is 71.6 Å². The van der Waals surface area contributed by atoms with Crippen molar-refractivity contribution >= 4 is 0 Å². The SMILES string of the molecule is Fc1ccc(CN2CCCC2c2nc(-c3ccc(-c4ccncc4)nc3)no2)cc1. The van der Waals surface area contributed by atoms with Crippen molar-refractivity contribution in [3.05, 3.63) is 84.4 Å². The molecule has 1 aliphatic rings. The lowest BCUT2D eigenvalue weighted by Gasteiger charge is -2.21. The van der Waals surface area contributed by atoms with Crippen LogP contribution in [0.25, 0.3) is 22.6 Å². The molecule has 1 aliphatic heterocycles. The van der Waals surface area contributed by atoms with Crippen LogP contribution in [0.3, 0.4) is 0 Å². The minimum Gasteiger partial charge on any atom is -0.337 e. The van der Waals surface area contributed by atoms with Crippen molar-refractivity contribution in [3.8, 4) is 22.6 Å². The highest BCUT2D eigenvalue weighted by molar-refractivity contribution is 5.62. The van der Waals surface area contributed by atoms with Gasteiger partial charge in [-0.05, 0) is 61.3 Å². The number of halogens is 1. The van der Waals surface area contributed by atoms with E-state index >= 15 is 0 Å². The summed E-state index contributed by atoms with van der Waals surface area (Å²) >= 11 is 0. The van der Waals surface area contributed by atoms with Gasteiger partial charge in [-0.25, -0.2) is 4.39 Å². The Morgan fingerprint density at radius 3 is 2.60 bits per heavy atom. The monoisotopic (exact) mass is 401 g/mol. The number of nitrogens with zero attached hydrogens (tertiary/aromatic N) is 5. The Morgan fingerprint density at radius 1 is 1.00 bits per heavy atom. The van der Waals surface area contributed by atoms with Crippen LogP contribution < -0.4 is 0 Å². The third kappa shape index (κ3) is 3.84. The van der Waals surface area contributed by atoms with Gasteiger partial charge in [-0.3, -0.25) is 14.9 Å². The summed E-state index contributed by atoms with van der Waals surface area (Å²) in [5, 5.41) is 4.17. The minimum absolute atomic E-state index is 0.0698. The van der Waals surface area contributed by atoms with E-state index in [0.717, 1.165) is 48.3 Å². The quantitative estimate of drug-likeness (QED) is 0.484. The zero-order chi connectivity index (χ0) is 20.3. The van der Waals surface area contributed by atoms with Crippen LogP contribution in [0.1, 0.15) is 30.3 Å². The van der Waals surface area contributed by atoms with Crippen LogP contribution in [-0.4, -0.2) is 31.6 Å². The minimum atomic E-state index is -0.221. The molecule has 4 aromatic rings. The molecule has 1 unspecified atom stereocenters. The summed E-state index contributed by atoms with van der Waals surface area (Å²) < 4.78 is 18.8. The first-order valence-electron chi connectivity index (χ1n) is 9.95. The molecule has 0 bridgehead atoms. The van der Waals surface area contributed by atoms with E-state index in [4.69, 9.17) is 4.52 Å². The van der Waals surface area contributed by atoms with Gasteiger partial charge in [0.05, 0.1) is 11.7 Å². The fourth-order valence-corrected chi connectivity index (χ4v) is 3.83. The Hall–Kier alpha value is -3.45. The summed E-state index contributed by atoms with van der Waals surface area (Å²) in [7, 11) is 0. The topological polar surface area (TPSA) is 67.9 Å². The van der Waals surface area contributed by atoms with Crippen molar-refractivity contribution in [2.24, 2.45) is 0 Å². The number of rotatable bonds is 5. The Kier molecular flexibility index (Phi) is 5.03. The third-order valence-corrected chi connectivity index (χ3v) is 5.39. The summed E-state index contributed by atoms with van der Waals surface area (Å²) in [6, 6.07) is 14.4. The Bertz CT molecular complexity index is 1110. The van der Waals surface area contributed by atoms with Crippen LogP contribution in [0.5, 0.6) is 0 Å². The first-order chi connectivity index (χ1) is 14.8. The Morgan fingerprint density at radius 2 is 1.83 bits per heavy atom. The van der Waals surface area contributed by atoms with Gasteiger partial charge in [0.2, 0.25) is 11.7 Å². The maximum atomic E-state index is 13.2. The predicted octanol–water partition coefficient (Wildman–Crippen LogP) is 4.67. The molecule has 0 saturated carbocycles. The highest BCUT2D eigenvalue weighted by atomic mass is 19.1. The molecule has 150 valence electrons. The normalized spacial score (nSPS) is 16.8. The van der Waals surface area contributed by atoms with Gasteiger partial charge >= 0.3 is 0 Å². The number of likely N-dealkylation sites (tertiary alicyclic amines) is 1. The summed E-state index contributed by atoms with van der Waals surface area (Å²) in [6.45, 7) is 1.67. The van der Waals surface area contributed by atoms with E-state index in [0.29, 0.717) is 11.7 Å². The molecule has 1 fully saturated rings. The molecule has 0 aliphatic carbocycles. The lowest BCUT2D eigenvalue weighted by Crippen LogP contribution is -2.23. The van der Waals surface area contributed by atoms with E-state index in [9.17, 15) is 4.39 Å². The van der Waals surface area contributed by atoms with Gasteiger partial charge in [-0.1, -0.05) is 17.3 Å². The fraction of sp³-hybridized carbons (Fsp3) is 0.217. The number of hydrogen-bond donors (Lipinski definition) is 0. The van der Waals surface area contributed by atoms with Gasteiger partial charge in [-0.2, -0.15) is 4.98 Å². The van der Waals surface area contributed by atoms with Crippen molar-refractivity contribution in [2.75, 3.05) is 6.54 Å². The largest absolute Gasteiger partial charge is 0.337 e. The summed E-state index contributed by atoms with van der Waals surface area (Å²) in [5.74, 6) is 0.928. The fourth-order valence-electron chi connectivity index (χ4n) is 3.83. The zero-order valence-electron chi connectivity index (χ0n) is 16.3. The van der Waals surface area contributed by atoms with Crippen LogP contribution in [0.2, 0.25) is 0 Å². The Balaban J connectivity index is 1.32. The molecule has 1 atom stereocenters. The van der Waals surface area contributed by atoms with Gasteiger partial charge in [0.1, 0.15) is 5.82 Å². The molecule has 30 heavy (non-hydrogen) atoms. The van der Waals surface area contributed by atoms with E-state index in [1.807, 2.05) is 36.4 Å². The molecule has 1 aromatic carbocycles. The number of benzene rings is 1. The molecule has 3 aromatic heterocycles. The van der Waals surface area contributed by atoms with E-state index < -0.39 is 0 Å². The van der Waals surface area contributed by atoms with Crippen LogP contribution >= 0.6 is 0 Å². The summed E-state index contributed by atoms with van der Waals surface area (Å²) in [4.78, 5) is 15.5. The molecule has 1 saturated heterocycles. The average Bonchev–Trinajstić information content (AvgIpc) is 3.46. The molecule has 0 radical (unpaired) electrons. The lowest BCUT2D eigenvalue weighted by atomic mass is 10.1. The maximum absolute atomic E-state index is 13.2. The highest BCUT2D eigenvalue weighted by Gasteiger charge is 2.30. The molecule has 4 heterocycles. The zero-order valence-corrected chi connectivity index (χ0v) is 16.3. The first-order valence-corrected chi connectivity index (χ1v) is 9.95. The standard InChI is InChI=1S/C23H20FN5O/c24-19-6-3-16(4-7-19)15-29-13-1-2-21(29)23-27-22(28-30-23)18-5-8-20(26-14-18)17-9-11-25-12-10-17/h3-12,14,21H,1-2,13,15H2.